The molecule has 8 nitrogen and oxygen atoms in total. The van der Waals surface area contributed by atoms with Gasteiger partial charge in [0.15, 0.2) is 0 Å². The van der Waals surface area contributed by atoms with Gasteiger partial charge in [0, 0.05) is 44.5 Å². The average Bonchev–Trinajstić information content (AvgIpc) is 3.11. The molecule has 1 aromatic heterocycles. The largest absolute Gasteiger partial charge is 0.492 e. The minimum absolute atomic E-state index is 0.107. The molecule has 10 heteroatoms. The number of ether oxygens (including phenoxy) is 1. The fourth-order valence-corrected chi connectivity index (χ4v) is 4.36. The molecule has 0 radical (unpaired) electrons. The lowest BCUT2D eigenvalue weighted by molar-refractivity contribution is 0.201. The Labute approximate surface area is 209 Å². The van der Waals surface area contributed by atoms with E-state index in [1.165, 1.54) is 0 Å². The van der Waals surface area contributed by atoms with Crippen molar-refractivity contribution in [2.45, 2.75) is 26.8 Å². The van der Waals surface area contributed by atoms with Crippen LogP contribution in [0.25, 0.3) is 5.69 Å². The molecule has 0 unspecified atom stereocenters. The van der Waals surface area contributed by atoms with Crippen molar-refractivity contribution < 1.29 is 9.53 Å². The predicted octanol–water partition coefficient (Wildman–Crippen LogP) is 4.70. The zero-order chi connectivity index (χ0) is 24.1. The van der Waals surface area contributed by atoms with Crippen molar-refractivity contribution in [3.63, 3.8) is 0 Å². The van der Waals surface area contributed by atoms with Gasteiger partial charge in [0.1, 0.15) is 23.6 Å². The van der Waals surface area contributed by atoms with Crippen LogP contribution in [0, 0.1) is 6.92 Å². The molecule has 34 heavy (non-hydrogen) atoms. The van der Waals surface area contributed by atoms with Gasteiger partial charge in [-0.15, -0.1) is 0 Å². The fourth-order valence-electron chi connectivity index (χ4n) is 3.97. The highest BCUT2D eigenvalue weighted by atomic mass is 35.5. The van der Waals surface area contributed by atoms with Crippen molar-refractivity contribution in [2.24, 2.45) is 0 Å². The number of aromatic nitrogens is 3. The summed E-state index contributed by atoms with van der Waals surface area (Å²) < 4.78 is 7.63. The second kappa shape index (κ2) is 11.0. The number of hydrogen-bond acceptors (Lipinski definition) is 5. The number of nitrogens with one attached hydrogen (secondary N) is 1. The highest BCUT2D eigenvalue weighted by Crippen LogP contribution is 2.29. The summed E-state index contributed by atoms with van der Waals surface area (Å²) in [5, 5.41) is 8.32. The summed E-state index contributed by atoms with van der Waals surface area (Å²) in [6, 6.07) is 11.4. The number of aryl methyl sites for hydroxylation is 1. The van der Waals surface area contributed by atoms with E-state index in [0.29, 0.717) is 42.1 Å². The summed E-state index contributed by atoms with van der Waals surface area (Å²) in [6.07, 6.45) is 2.55. The highest BCUT2D eigenvalue weighted by Gasteiger charge is 2.21. The van der Waals surface area contributed by atoms with Crippen LogP contribution in [-0.4, -0.2) is 58.5 Å². The topological polar surface area (TPSA) is 75.5 Å². The first kappa shape index (κ1) is 24.2. The van der Waals surface area contributed by atoms with Crippen LogP contribution < -0.4 is 15.0 Å². The lowest BCUT2D eigenvalue weighted by Gasteiger charge is -2.25. The molecular weight excluding hydrogens is 475 g/mol. The summed E-state index contributed by atoms with van der Waals surface area (Å²) in [7, 11) is 0. The summed E-state index contributed by atoms with van der Waals surface area (Å²) in [6.45, 7) is 7.56. The van der Waals surface area contributed by atoms with E-state index in [4.69, 9.17) is 27.9 Å². The first-order valence-electron chi connectivity index (χ1n) is 11.3. The predicted molar refractivity (Wildman–Crippen MR) is 134 cm³/mol. The van der Waals surface area contributed by atoms with E-state index >= 15 is 0 Å². The summed E-state index contributed by atoms with van der Waals surface area (Å²) in [5.74, 6) is 1.46. The van der Waals surface area contributed by atoms with Crippen LogP contribution in [0.4, 0.5) is 10.5 Å². The Morgan fingerprint density at radius 1 is 1.15 bits per heavy atom. The van der Waals surface area contributed by atoms with Gasteiger partial charge in [0.25, 0.3) is 0 Å². The summed E-state index contributed by atoms with van der Waals surface area (Å²) >= 11 is 12.3. The van der Waals surface area contributed by atoms with Crippen LogP contribution in [-0.2, 0) is 6.54 Å². The van der Waals surface area contributed by atoms with Gasteiger partial charge in [-0.05, 0) is 44.0 Å². The Balaban J connectivity index is 1.41. The molecule has 2 amide bonds. The standard InChI is InChI=1S/C24H28Cl2N6O2/c1-3-34-22-14-19(8-9-21(22)32-16-28-17(2)29-32)30-10-5-11-31(13-12-30)24(33)27-15-18-6-4-7-20(25)23(18)26/h4,6-9,14,16H,3,5,10-13,15H2,1-2H3,(H,27,33). The van der Waals surface area contributed by atoms with E-state index in [0.717, 1.165) is 42.2 Å². The van der Waals surface area contributed by atoms with Crippen molar-refractivity contribution >= 4 is 34.9 Å². The van der Waals surface area contributed by atoms with Gasteiger partial charge in [-0.3, -0.25) is 0 Å². The third-order valence-electron chi connectivity index (χ3n) is 5.71. The Hall–Kier alpha value is -2.97. The van der Waals surface area contributed by atoms with Crippen LogP contribution in [0.2, 0.25) is 10.0 Å². The van der Waals surface area contributed by atoms with Crippen LogP contribution in [0.5, 0.6) is 5.75 Å². The zero-order valence-electron chi connectivity index (χ0n) is 19.3. The van der Waals surface area contributed by atoms with Crippen molar-refractivity contribution in [3.05, 3.63) is 64.2 Å². The number of halogens is 2. The molecule has 3 aromatic rings. The number of carbonyl (C=O) groups excluding carboxylic acids is 1. The van der Waals surface area contributed by atoms with Gasteiger partial charge in [0.05, 0.1) is 16.7 Å². The van der Waals surface area contributed by atoms with E-state index in [1.807, 2.05) is 43.0 Å². The molecule has 1 fully saturated rings. The van der Waals surface area contributed by atoms with Crippen molar-refractivity contribution in [2.75, 3.05) is 37.7 Å². The molecule has 1 aliphatic heterocycles. The van der Waals surface area contributed by atoms with Crippen molar-refractivity contribution in [1.82, 2.24) is 25.0 Å². The number of nitrogens with zero attached hydrogens (tertiary/aromatic N) is 5. The van der Waals surface area contributed by atoms with Gasteiger partial charge >= 0.3 is 6.03 Å². The van der Waals surface area contributed by atoms with Crippen molar-refractivity contribution in [3.8, 4) is 11.4 Å². The number of hydrogen-bond donors (Lipinski definition) is 1. The molecule has 4 rings (SSSR count). The SMILES string of the molecule is CCOc1cc(N2CCCN(C(=O)NCc3cccc(Cl)c3Cl)CC2)ccc1-n1cnc(C)n1. The van der Waals surface area contributed by atoms with Gasteiger partial charge in [-0.2, -0.15) is 5.10 Å². The molecule has 2 heterocycles. The van der Waals surface area contributed by atoms with E-state index in [2.05, 4.69) is 26.4 Å². The Kier molecular flexibility index (Phi) is 7.80. The minimum atomic E-state index is -0.107. The minimum Gasteiger partial charge on any atom is -0.492 e. The van der Waals surface area contributed by atoms with E-state index in [9.17, 15) is 4.79 Å². The highest BCUT2D eigenvalue weighted by molar-refractivity contribution is 6.42. The maximum absolute atomic E-state index is 12.8. The van der Waals surface area contributed by atoms with Gasteiger partial charge in [-0.25, -0.2) is 14.5 Å². The van der Waals surface area contributed by atoms with E-state index < -0.39 is 0 Å². The Morgan fingerprint density at radius 3 is 2.76 bits per heavy atom. The summed E-state index contributed by atoms with van der Waals surface area (Å²) in [5.41, 5.74) is 2.70. The molecule has 0 saturated carbocycles. The molecule has 0 bridgehead atoms. The lowest BCUT2D eigenvalue weighted by atomic mass is 10.2. The van der Waals surface area contributed by atoms with Crippen LogP contribution in [0.15, 0.2) is 42.7 Å². The van der Waals surface area contributed by atoms with E-state index in [-0.39, 0.29) is 6.03 Å². The third kappa shape index (κ3) is 5.56. The van der Waals surface area contributed by atoms with E-state index in [1.54, 1.807) is 17.1 Å². The first-order chi connectivity index (χ1) is 16.5. The van der Waals surface area contributed by atoms with Crippen molar-refractivity contribution in [1.29, 1.82) is 0 Å². The van der Waals surface area contributed by atoms with Gasteiger partial charge in [0.2, 0.25) is 0 Å². The number of anilines is 1. The third-order valence-corrected chi connectivity index (χ3v) is 6.56. The Morgan fingerprint density at radius 2 is 2.00 bits per heavy atom. The fraction of sp³-hybridized carbons (Fsp3) is 0.375. The number of amides is 2. The average molecular weight is 503 g/mol. The van der Waals surface area contributed by atoms with Gasteiger partial charge < -0.3 is 19.9 Å². The molecule has 1 saturated heterocycles. The second-order valence-corrected chi connectivity index (χ2v) is 8.81. The molecule has 0 aliphatic carbocycles. The Bertz CT molecular complexity index is 1150. The number of rotatable bonds is 6. The lowest BCUT2D eigenvalue weighted by Crippen LogP contribution is -2.41. The molecule has 0 spiro atoms. The van der Waals surface area contributed by atoms with Crippen LogP contribution >= 0.6 is 23.2 Å². The molecular formula is C24H28Cl2N6O2. The number of urea groups is 1. The monoisotopic (exact) mass is 502 g/mol. The maximum atomic E-state index is 12.8. The molecule has 2 aromatic carbocycles. The van der Waals surface area contributed by atoms with Gasteiger partial charge in [-0.1, -0.05) is 35.3 Å². The molecule has 1 N–H and O–H groups in total. The van der Waals surface area contributed by atoms with Crippen LogP contribution in [0.1, 0.15) is 24.7 Å². The molecule has 1 aliphatic rings. The zero-order valence-corrected chi connectivity index (χ0v) is 20.8. The van der Waals surface area contributed by atoms with Crippen LogP contribution in [0.3, 0.4) is 0 Å². The second-order valence-electron chi connectivity index (χ2n) is 8.02. The maximum Gasteiger partial charge on any atom is 0.317 e. The quantitative estimate of drug-likeness (QED) is 0.528. The number of carbonyl (C=O) groups is 1. The molecule has 0 atom stereocenters. The molecule has 180 valence electrons. The normalized spacial score (nSPS) is 14.1. The summed E-state index contributed by atoms with van der Waals surface area (Å²) in [4.78, 5) is 21.1. The smallest absolute Gasteiger partial charge is 0.317 e. The number of benzene rings is 2. The first-order valence-corrected chi connectivity index (χ1v) is 12.1.